The molecule has 112 valence electrons. The fourth-order valence-corrected chi connectivity index (χ4v) is 3.72. The number of carboxylic acid groups (broad SMARTS) is 1. The fourth-order valence-electron chi connectivity index (χ4n) is 1.50. The first-order valence-corrected chi connectivity index (χ1v) is 8.66. The van der Waals surface area contributed by atoms with E-state index in [1.165, 1.54) is 12.1 Å². The molecule has 0 radical (unpaired) electrons. The Morgan fingerprint density at radius 1 is 1.35 bits per heavy atom. The van der Waals surface area contributed by atoms with Gasteiger partial charge in [-0.15, -0.1) is 0 Å². The van der Waals surface area contributed by atoms with Crippen molar-refractivity contribution in [2.75, 3.05) is 19.0 Å². The van der Waals surface area contributed by atoms with E-state index in [0.717, 1.165) is 18.9 Å². The van der Waals surface area contributed by atoms with Crippen molar-refractivity contribution in [2.45, 2.75) is 24.7 Å². The summed E-state index contributed by atoms with van der Waals surface area (Å²) in [7, 11) is -3.57. The zero-order chi connectivity index (χ0) is 15.2. The van der Waals surface area contributed by atoms with Gasteiger partial charge in [0.15, 0.2) is 9.84 Å². The number of carboxylic acids is 1. The molecule has 0 saturated carbocycles. The number of sulfone groups is 1. The van der Waals surface area contributed by atoms with Crippen LogP contribution < -0.4 is 0 Å². The zero-order valence-electron chi connectivity index (χ0n) is 11.1. The maximum atomic E-state index is 12.2. The highest BCUT2D eigenvalue weighted by molar-refractivity contribution is 9.10. The molecule has 20 heavy (non-hydrogen) atoms. The summed E-state index contributed by atoms with van der Waals surface area (Å²) < 4.78 is 29.9. The van der Waals surface area contributed by atoms with Gasteiger partial charge in [0, 0.05) is 11.1 Å². The second kappa shape index (κ2) is 7.75. The molecule has 7 heteroatoms. The second-order valence-electron chi connectivity index (χ2n) is 4.24. The van der Waals surface area contributed by atoms with Gasteiger partial charge in [-0.2, -0.15) is 0 Å². The van der Waals surface area contributed by atoms with E-state index in [0.29, 0.717) is 11.1 Å². The van der Waals surface area contributed by atoms with Crippen molar-refractivity contribution in [1.82, 2.24) is 0 Å². The minimum absolute atomic E-state index is 0.0171. The minimum Gasteiger partial charge on any atom is -0.478 e. The number of hydrogen-bond acceptors (Lipinski definition) is 4. The average Bonchev–Trinajstić information content (AvgIpc) is 2.38. The van der Waals surface area contributed by atoms with E-state index in [1.54, 1.807) is 0 Å². The molecule has 1 aromatic rings. The van der Waals surface area contributed by atoms with Crippen molar-refractivity contribution in [1.29, 1.82) is 0 Å². The summed E-state index contributed by atoms with van der Waals surface area (Å²) in [6.07, 6.45) is 1.87. The molecule has 0 spiro atoms. The average molecular weight is 365 g/mol. The molecule has 0 amide bonds. The van der Waals surface area contributed by atoms with Crippen molar-refractivity contribution < 1.29 is 23.1 Å². The molecule has 0 atom stereocenters. The number of ether oxygens (including phenoxy) is 1. The van der Waals surface area contributed by atoms with Crippen molar-refractivity contribution >= 4 is 31.7 Å². The molecule has 0 aliphatic rings. The highest BCUT2D eigenvalue weighted by Crippen LogP contribution is 2.24. The van der Waals surface area contributed by atoms with Crippen LogP contribution in [0, 0.1) is 0 Å². The van der Waals surface area contributed by atoms with Gasteiger partial charge < -0.3 is 9.84 Å². The molecule has 0 saturated heterocycles. The number of halogens is 1. The van der Waals surface area contributed by atoms with Gasteiger partial charge in [0.25, 0.3) is 0 Å². The molecule has 0 bridgehead atoms. The summed E-state index contributed by atoms with van der Waals surface area (Å²) >= 11 is 3.14. The number of aromatic carboxylic acids is 1. The molecule has 0 aliphatic heterocycles. The van der Waals surface area contributed by atoms with Gasteiger partial charge in [-0.05, 0) is 40.5 Å². The number of hydrogen-bond donors (Lipinski definition) is 1. The van der Waals surface area contributed by atoms with Crippen LogP contribution in [-0.4, -0.2) is 38.5 Å². The van der Waals surface area contributed by atoms with Crippen LogP contribution in [0.5, 0.6) is 0 Å². The summed E-state index contributed by atoms with van der Waals surface area (Å²) in [6, 6.07) is 3.94. The fraction of sp³-hybridized carbons (Fsp3) is 0.462. The second-order valence-corrected chi connectivity index (χ2v) is 7.17. The Bertz CT molecular complexity index is 568. The van der Waals surface area contributed by atoms with E-state index in [9.17, 15) is 13.2 Å². The Morgan fingerprint density at radius 2 is 2.05 bits per heavy atom. The predicted molar refractivity (Wildman–Crippen MR) is 78.9 cm³/mol. The standard InChI is InChI=1S/C13H17BrO5S/c1-2-3-6-19-7-8-20(17,18)12-9-10(13(15)16)4-5-11(12)14/h4-5,9H,2-3,6-8H2,1H3,(H,15,16). The number of benzene rings is 1. The van der Waals surface area contributed by atoms with Crippen molar-refractivity contribution in [2.24, 2.45) is 0 Å². The SMILES string of the molecule is CCCCOCCS(=O)(=O)c1cc(C(=O)O)ccc1Br. The highest BCUT2D eigenvalue weighted by atomic mass is 79.9. The van der Waals surface area contributed by atoms with E-state index in [1.807, 2.05) is 6.92 Å². The van der Waals surface area contributed by atoms with Crippen LogP contribution in [0.15, 0.2) is 27.6 Å². The Labute approximate surface area is 127 Å². The largest absolute Gasteiger partial charge is 0.478 e. The molecule has 0 unspecified atom stereocenters. The minimum atomic E-state index is -3.57. The van der Waals surface area contributed by atoms with Crippen LogP contribution in [0.4, 0.5) is 0 Å². The maximum absolute atomic E-state index is 12.2. The maximum Gasteiger partial charge on any atom is 0.335 e. The molecule has 1 aromatic carbocycles. The van der Waals surface area contributed by atoms with Gasteiger partial charge in [-0.25, -0.2) is 13.2 Å². The Hall–Kier alpha value is -0.920. The van der Waals surface area contributed by atoms with E-state index < -0.39 is 15.8 Å². The van der Waals surface area contributed by atoms with Crippen LogP contribution in [-0.2, 0) is 14.6 Å². The van der Waals surface area contributed by atoms with Crippen LogP contribution in [0.1, 0.15) is 30.1 Å². The summed E-state index contributed by atoms with van der Waals surface area (Å²) in [5.41, 5.74) is -0.0568. The summed E-state index contributed by atoms with van der Waals surface area (Å²) in [4.78, 5) is 10.9. The molecule has 0 aliphatic carbocycles. The lowest BCUT2D eigenvalue weighted by Crippen LogP contribution is -2.14. The van der Waals surface area contributed by atoms with Crippen molar-refractivity contribution in [3.8, 4) is 0 Å². The monoisotopic (exact) mass is 364 g/mol. The highest BCUT2D eigenvalue weighted by Gasteiger charge is 2.19. The first-order valence-electron chi connectivity index (χ1n) is 6.22. The Balaban J connectivity index is 2.81. The van der Waals surface area contributed by atoms with E-state index in [4.69, 9.17) is 9.84 Å². The summed E-state index contributed by atoms with van der Waals surface area (Å²) in [6.45, 7) is 2.66. The molecule has 0 heterocycles. The van der Waals surface area contributed by atoms with Gasteiger partial charge in [0.2, 0.25) is 0 Å². The van der Waals surface area contributed by atoms with Crippen LogP contribution in [0.2, 0.25) is 0 Å². The van der Waals surface area contributed by atoms with Crippen LogP contribution in [0.3, 0.4) is 0 Å². The van der Waals surface area contributed by atoms with E-state index in [-0.39, 0.29) is 22.8 Å². The smallest absolute Gasteiger partial charge is 0.335 e. The molecule has 0 aromatic heterocycles. The van der Waals surface area contributed by atoms with Gasteiger partial charge in [-0.1, -0.05) is 13.3 Å². The van der Waals surface area contributed by atoms with E-state index >= 15 is 0 Å². The van der Waals surface area contributed by atoms with Gasteiger partial charge in [0.05, 0.1) is 22.8 Å². The topological polar surface area (TPSA) is 80.7 Å². The Morgan fingerprint density at radius 3 is 2.65 bits per heavy atom. The molecule has 5 nitrogen and oxygen atoms in total. The van der Waals surface area contributed by atoms with Crippen molar-refractivity contribution in [3.05, 3.63) is 28.2 Å². The van der Waals surface area contributed by atoms with Crippen LogP contribution >= 0.6 is 15.9 Å². The molecule has 1 N–H and O–H groups in total. The lowest BCUT2D eigenvalue weighted by Gasteiger charge is -2.08. The number of carbonyl (C=O) groups is 1. The molecular formula is C13H17BrO5S. The van der Waals surface area contributed by atoms with Gasteiger partial charge in [-0.3, -0.25) is 0 Å². The molecule has 0 fully saturated rings. The first kappa shape index (κ1) is 17.1. The van der Waals surface area contributed by atoms with Crippen LogP contribution in [0.25, 0.3) is 0 Å². The van der Waals surface area contributed by atoms with Crippen molar-refractivity contribution in [3.63, 3.8) is 0 Å². The lowest BCUT2D eigenvalue weighted by atomic mass is 10.2. The molecular weight excluding hydrogens is 348 g/mol. The predicted octanol–water partition coefficient (Wildman–Crippen LogP) is 2.74. The number of unbranched alkanes of at least 4 members (excludes halogenated alkanes) is 1. The van der Waals surface area contributed by atoms with Gasteiger partial charge >= 0.3 is 5.97 Å². The third-order valence-corrected chi connectivity index (χ3v) is 5.32. The summed E-state index contributed by atoms with van der Waals surface area (Å²) in [5, 5.41) is 8.90. The first-order chi connectivity index (χ1) is 9.38. The van der Waals surface area contributed by atoms with Gasteiger partial charge in [0.1, 0.15) is 0 Å². The Kier molecular flexibility index (Phi) is 6.64. The zero-order valence-corrected chi connectivity index (χ0v) is 13.5. The number of rotatable bonds is 8. The quantitative estimate of drug-likeness (QED) is 0.717. The third kappa shape index (κ3) is 4.88. The van der Waals surface area contributed by atoms with E-state index in [2.05, 4.69) is 15.9 Å². The summed E-state index contributed by atoms with van der Waals surface area (Å²) in [5.74, 6) is -1.33. The third-order valence-electron chi connectivity index (χ3n) is 2.65. The lowest BCUT2D eigenvalue weighted by molar-refractivity contribution is 0.0696. The molecule has 1 rings (SSSR count). The normalized spacial score (nSPS) is 11.5.